The van der Waals surface area contributed by atoms with Crippen LogP contribution < -0.4 is 0 Å². The van der Waals surface area contributed by atoms with Crippen molar-refractivity contribution in [2.75, 3.05) is 0 Å². The summed E-state index contributed by atoms with van der Waals surface area (Å²) in [4.78, 5) is 19.0. The van der Waals surface area contributed by atoms with E-state index in [2.05, 4.69) is 9.98 Å². The number of aliphatic imine (C=N–C) groups is 1. The van der Waals surface area contributed by atoms with Crippen molar-refractivity contribution in [3.05, 3.63) is 76.5 Å². The summed E-state index contributed by atoms with van der Waals surface area (Å²) in [5.41, 5.74) is 2.30. The molecule has 0 saturated heterocycles. The SMILES string of the molecule is O=[N+]([O-])c1cccc(N=Cc2cccc3cccnc23)c1. The average Bonchev–Trinajstić information content (AvgIpc) is 2.53. The number of rotatable bonds is 3. The minimum absolute atomic E-state index is 0.0284. The predicted molar refractivity (Wildman–Crippen MR) is 82.1 cm³/mol. The minimum atomic E-state index is -0.432. The van der Waals surface area contributed by atoms with Crippen molar-refractivity contribution < 1.29 is 4.92 Å². The molecule has 0 unspecified atom stereocenters. The lowest BCUT2D eigenvalue weighted by Gasteiger charge is -2.00. The molecule has 0 atom stereocenters. The third kappa shape index (κ3) is 2.76. The fourth-order valence-corrected chi connectivity index (χ4v) is 2.06. The van der Waals surface area contributed by atoms with Gasteiger partial charge in [0.05, 0.1) is 16.1 Å². The molecular weight excluding hydrogens is 266 g/mol. The molecule has 0 fully saturated rings. The summed E-state index contributed by atoms with van der Waals surface area (Å²) in [7, 11) is 0. The number of aromatic nitrogens is 1. The van der Waals surface area contributed by atoms with Gasteiger partial charge in [-0.05, 0) is 12.1 Å². The summed E-state index contributed by atoms with van der Waals surface area (Å²) < 4.78 is 0. The van der Waals surface area contributed by atoms with Crippen LogP contribution in [0.15, 0.2) is 65.8 Å². The Balaban J connectivity index is 1.98. The van der Waals surface area contributed by atoms with E-state index in [0.29, 0.717) is 5.69 Å². The summed E-state index contributed by atoms with van der Waals surface area (Å²) in [6, 6.07) is 15.9. The lowest BCUT2D eigenvalue weighted by Crippen LogP contribution is -1.88. The van der Waals surface area contributed by atoms with Gasteiger partial charge in [0.2, 0.25) is 0 Å². The first-order valence-corrected chi connectivity index (χ1v) is 6.36. The number of nitrogens with zero attached hydrogens (tertiary/aromatic N) is 3. The predicted octanol–water partition coefficient (Wildman–Crippen LogP) is 3.89. The molecule has 3 aromatic rings. The Morgan fingerprint density at radius 2 is 1.90 bits per heavy atom. The van der Waals surface area contributed by atoms with E-state index in [-0.39, 0.29) is 5.69 Å². The van der Waals surface area contributed by atoms with Crippen molar-refractivity contribution in [1.82, 2.24) is 4.98 Å². The van der Waals surface area contributed by atoms with Gasteiger partial charge < -0.3 is 0 Å². The smallest absolute Gasteiger partial charge is 0.258 e. The highest BCUT2D eigenvalue weighted by molar-refractivity contribution is 5.98. The number of non-ortho nitro benzene ring substituents is 1. The zero-order valence-electron chi connectivity index (χ0n) is 11.0. The fraction of sp³-hybridized carbons (Fsp3) is 0. The van der Waals surface area contributed by atoms with Crippen molar-refractivity contribution in [2.45, 2.75) is 0 Å². The van der Waals surface area contributed by atoms with Crippen LogP contribution in [0.2, 0.25) is 0 Å². The maximum absolute atomic E-state index is 10.7. The maximum atomic E-state index is 10.7. The summed E-state index contributed by atoms with van der Waals surface area (Å²) >= 11 is 0. The molecule has 0 N–H and O–H groups in total. The van der Waals surface area contributed by atoms with Gasteiger partial charge >= 0.3 is 0 Å². The molecule has 0 bridgehead atoms. The average molecular weight is 277 g/mol. The molecule has 1 aromatic heterocycles. The number of hydrogen-bond acceptors (Lipinski definition) is 4. The first kappa shape index (κ1) is 12.9. The van der Waals surface area contributed by atoms with Crippen LogP contribution in [0.5, 0.6) is 0 Å². The molecule has 5 heteroatoms. The molecule has 3 rings (SSSR count). The Morgan fingerprint density at radius 3 is 2.76 bits per heavy atom. The van der Waals surface area contributed by atoms with E-state index < -0.39 is 4.92 Å². The number of fused-ring (bicyclic) bond motifs is 1. The lowest BCUT2D eigenvalue weighted by molar-refractivity contribution is -0.384. The summed E-state index contributed by atoms with van der Waals surface area (Å²) in [5, 5.41) is 11.8. The van der Waals surface area contributed by atoms with Gasteiger partial charge in [0, 0.05) is 35.5 Å². The first-order valence-electron chi connectivity index (χ1n) is 6.36. The summed E-state index contributed by atoms with van der Waals surface area (Å²) in [6.45, 7) is 0. The minimum Gasteiger partial charge on any atom is -0.258 e. The van der Waals surface area contributed by atoms with Crippen LogP contribution in [-0.4, -0.2) is 16.1 Å². The number of para-hydroxylation sites is 1. The number of benzene rings is 2. The van der Waals surface area contributed by atoms with E-state index in [1.807, 2.05) is 30.3 Å². The molecule has 1 heterocycles. The van der Waals surface area contributed by atoms with E-state index in [0.717, 1.165) is 16.5 Å². The van der Waals surface area contributed by atoms with E-state index in [1.165, 1.54) is 12.1 Å². The Labute approximate surface area is 120 Å². The normalized spacial score (nSPS) is 11.0. The Morgan fingerprint density at radius 1 is 1.10 bits per heavy atom. The maximum Gasteiger partial charge on any atom is 0.271 e. The lowest BCUT2D eigenvalue weighted by atomic mass is 10.1. The molecular formula is C16H11N3O2. The van der Waals surface area contributed by atoms with E-state index in [4.69, 9.17) is 0 Å². The van der Waals surface area contributed by atoms with Crippen LogP contribution in [0.4, 0.5) is 11.4 Å². The van der Waals surface area contributed by atoms with E-state index in [1.54, 1.807) is 24.5 Å². The van der Waals surface area contributed by atoms with E-state index in [9.17, 15) is 10.1 Å². The highest BCUT2D eigenvalue weighted by atomic mass is 16.6. The number of nitro groups is 1. The summed E-state index contributed by atoms with van der Waals surface area (Å²) in [6.07, 6.45) is 3.40. The van der Waals surface area contributed by atoms with Gasteiger partial charge in [-0.25, -0.2) is 0 Å². The van der Waals surface area contributed by atoms with Gasteiger partial charge in [-0.2, -0.15) is 0 Å². The van der Waals surface area contributed by atoms with E-state index >= 15 is 0 Å². The molecule has 2 aromatic carbocycles. The third-order valence-corrected chi connectivity index (χ3v) is 3.06. The van der Waals surface area contributed by atoms with Gasteiger partial charge in [-0.1, -0.05) is 30.3 Å². The Bertz CT molecular complexity index is 838. The third-order valence-electron chi connectivity index (χ3n) is 3.06. The molecule has 0 aliphatic heterocycles. The van der Waals surface area contributed by atoms with Crippen molar-refractivity contribution in [3.8, 4) is 0 Å². The van der Waals surface area contributed by atoms with Crippen LogP contribution in [-0.2, 0) is 0 Å². The first-order chi connectivity index (χ1) is 10.2. The second kappa shape index (κ2) is 5.50. The summed E-state index contributed by atoms with van der Waals surface area (Å²) in [5.74, 6) is 0. The van der Waals surface area contributed by atoms with Gasteiger partial charge in [0.25, 0.3) is 5.69 Å². The zero-order valence-corrected chi connectivity index (χ0v) is 11.0. The fourth-order valence-electron chi connectivity index (χ4n) is 2.06. The molecule has 21 heavy (non-hydrogen) atoms. The molecule has 0 amide bonds. The number of pyridine rings is 1. The van der Waals surface area contributed by atoms with Crippen molar-refractivity contribution in [3.63, 3.8) is 0 Å². The van der Waals surface area contributed by atoms with Gasteiger partial charge in [0.15, 0.2) is 0 Å². The molecule has 0 spiro atoms. The van der Waals surface area contributed by atoms with Crippen LogP contribution in [0.25, 0.3) is 10.9 Å². The van der Waals surface area contributed by atoms with Crippen molar-refractivity contribution in [1.29, 1.82) is 0 Å². The zero-order chi connectivity index (χ0) is 14.7. The monoisotopic (exact) mass is 277 g/mol. The largest absolute Gasteiger partial charge is 0.271 e. The van der Waals surface area contributed by atoms with Gasteiger partial charge in [-0.3, -0.25) is 20.1 Å². The van der Waals surface area contributed by atoms with Crippen LogP contribution in [0.1, 0.15) is 5.56 Å². The Kier molecular flexibility index (Phi) is 3.39. The van der Waals surface area contributed by atoms with Crippen molar-refractivity contribution in [2.24, 2.45) is 4.99 Å². The molecule has 102 valence electrons. The quantitative estimate of drug-likeness (QED) is 0.414. The standard InChI is InChI=1S/C16H11N3O2/c20-19(21)15-8-2-7-14(10-15)18-11-13-5-1-4-12-6-3-9-17-16(12)13/h1-11H. The van der Waals surface area contributed by atoms with Crippen LogP contribution in [0.3, 0.4) is 0 Å². The highest BCUT2D eigenvalue weighted by Gasteiger charge is 2.04. The molecule has 0 aliphatic carbocycles. The molecule has 5 nitrogen and oxygen atoms in total. The molecule has 0 radical (unpaired) electrons. The van der Waals surface area contributed by atoms with Crippen molar-refractivity contribution >= 4 is 28.5 Å². The van der Waals surface area contributed by atoms with Gasteiger partial charge in [0.1, 0.15) is 0 Å². The highest BCUT2D eigenvalue weighted by Crippen LogP contribution is 2.20. The number of nitro benzene ring substituents is 1. The van der Waals surface area contributed by atoms with Gasteiger partial charge in [-0.15, -0.1) is 0 Å². The topological polar surface area (TPSA) is 68.4 Å². The second-order valence-corrected chi connectivity index (χ2v) is 4.46. The Hall–Kier alpha value is -3.08. The number of hydrogen-bond donors (Lipinski definition) is 0. The van der Waals surface area contributed by atoms with Crippen LogP contribution in [0, 0.1) is 10.1 Å². The molecule has 0 saturated carbocycles. The second-order valence-electron chi connectivity index (χ2n) is 4.46. The molecule has 0 aliphatic rings. The van der Waals surface area contributed by atoms with Crippen LogP contribution >= 0.6 is 0 Å².